The number of nitrogens with one attached hydrogen (secondary N) is 1. The minimum absolute atomic E-state index is 0.121. The lowest BCUT2D eigenvalue weighted by molar-refractivity contribution is -0.116. The number of hydrogen-bond acceptors (Lipinski definition) is 4. The van der Waals surface area contributed by atoms with E-state index in [2.05, 4.69) is 22.3 Å². The summed E-state index contributed by atoms with van der Waals surface area (Å²) < 4.78 is 3.71. The van der Waals surface area contributed by atoms with Crippen molar-refractivity contribution in [3.8, 4) is 0 Å². The highest BCUT2D eigenvalue weighted by Gasteiger charge is 2.13. The highest BCUT2D eigenvalue weighted by Crippen LogP contribution is 2.20. The van der Waals surface area contributed by atoms with E-state index in [0.29, 0.717) is 17.9 Å². The van der Waals surface area contributed by atoms with Gasteiger partial charge in [-0.05, 0) is 30.7 Å². The van der Waals surface area contributed by atoms with Crippen LogP contribution >= 0.6 is 0 Å². The van der Waals surface area contributed by atoms with Crippen LogP contribution in [0.15, 0.2) is 59.5 Å². The van der Waals surface area contributed by atoms with Crippen molar-refractivity contribution in [2.45, 2.75) is 32.9 Å². The average molecular weight is 375 g/mol. The van der Waals surface area contributed by atoms with Crippen molar-refractivity contribution in [3.63, 3.8) is 0 Å². The number of benzene rings is 2. The number of carbonyl (C=O) groups is 1. The van der Waals surface area contributed by atoms with Crippen LogP contribution < -0.4 is 10.7 Å². The third-order valence-electron chi connectivity index (χ3n) is 4.67. The van der Waals surface area contributed by atoms with Crippen molar-refractivity contribution in [2.75, 3.05) is 5.32 Å². The molecule has 0 atom stereocenters. The molecule has 0 bridgehead atoms. The van der Waals surface area contributed by atoms with Crippen LogP contribution in [0, 0.1) is 0 Å². The Hall–Kier alpha value is -3.48. The molecule has 7 nitrogen and oxygen atoms in total. The molecule has 2 heterocycles. The number of hydrogen-bond donors (Lipinski definition) is 1. The maximum absolute atomic E-state index is 12.6. The number of amides is 1. The Bertz CT molecular complexity index is 1210. The SMILES string of the molecule is CCCn1c(NC(=O)CCn2ncc(=O)c3ccccc32)nc2ccccc21. The Balaban J connectivity index is 1.53. The van der Waals surface area contributed by atoms with Gasteiger partial charge in [-0.25, -0.2) is 4.98 Å². The molecule has 0 saturated heterocycles. The van der Waals surface area contributed by atoms with E-state index in [0.717, 1.165) is 29.5 Å². The Labute approximate surface area is 161 Å². The average Bonchev–Trinajstić information content (AvgIpc) is 3.05. The van der Waals surface area contributed by atoms with E-state index in [-0.39, 0.29) is 17.8 Å². The minimum atomic E-state index is -0.141. The van der Waals surface area contributed by atoms with Gasteiger partial charge in [0.05, 0.1) is 29.3 Å². The Kier molecular flexibility index (Phi) is 4.89. The lowest BCUT2D eigenvalue weighted by Crippen LogP contribution is -2.19. The van der Waals surface area contributed by atoms with Crippen LogP contribution in [0.25, 0.3) is 21.9 Å². The number of carbonyl (C=O) groups excluding carboxylic acids is 1. The second kappa shape index (κ2) is 7.64. The molecule has 0 saturated carbocycles. The molecule has 2 aromatic carbocycles. The van der Waals surface area contributed by atoms with Gasteiger partial charge in [0.15, 0.2) is 0 Å². The number of rotatable bonds is 6. The van der Waals surface area contributed by atoms with Gasteiger partial charge in [0.25, 0.3) is 0 Å². The van der Waals surface area contributed by atoms with E-state index < -0.39 is 0 Å². The number of anilines is 1. The van der Waals surface area contributed by atoms with Crippen molar-refractivity contribution in [1.29, 1.82) is 0 Å². The summed E-state index contributed by atoms with van der Waals surface area (Å²) in [4.78, 5) is 29.0. The first-order valence-electron chi connectivity index (χ1n) is 9.37. The van der Waals surface area contributed by atoms with Gasteiger partial charge >= 0.3 is 0 Å². The number of aryl methyl sites for hydroxylation is 2. The maximum Gasteiger partial charge on any atom is 0.228 e. The van der Waals surface area contributed by atoms with Gasteiger partial charge in [0.2, 0.25) is 17.3 Å². The van der Waals surface area contributed by atoms with Crippen molar-refractivity contribution in [1.82, 2.24) is 19.3 Å². The topological polar surface area (TPSA) is 81.8 Å². The van der Waals surface area contributed by atoms with E-state index in [1.54, 1.807) is 10.7 Å². The van der Waals surface area contributed by atoms with Crippen molar-refractivity contribution in [3.05, 3.63) is 65.0 Å². The van der Waals surface area contributed by atoms with E-state index in [1.165, 1.54) is 6.20 Å². The third kappa shape index (κ3) is 3.38. The number of nitrogens with zero attached hydrogens (tertiary/aromatic N) is 4. The monoisotopic (exact) mass is 375 g/mol. The standard InChI is InChI=1S/C21H21N5O2/c1-2-12-25-18-10-6-4-8-16(18)23-21(25)24-20(28)11-13-26-17-9-5-3-7-15(17)19(27)14-22-26/h3-10,14H,2,11-13H2,1H3,(H,23,24,28). The largest absolute Gasteiger partial charge is 0.310 e. The van der Waals surface area contributed by atoms with Crippen molar-refractivity contribution < 1.29 is 4.79 Å². The van der Waals surface area contributed by atoms with Crippen LogP contribution in [-0.4, -0.2) is 25.2 Å². The van der Waals surface area contributed by atoms with E-state index in [1.807, 2.05) is 47.0 Å². The molecule has 0 aliphatic rings. The third-order valence-corrected chi connectivity index (χ3v) is 4.67. The van der Waals surface area contributed by atoms with Gasteiger partial charge in [-0.1, -0.05) is 31.2 Å². The van der Waals surface area contributed by atoms with Crippen molar-refractivity contribution in [2.24, 2.45) is 0 Å². The summed E-state index contributed by atoms with van der Waals surface area (Å²) in [6.45, 7) is 3.25. The second-order valence-corrected chi connectivity index (χ2v) is 6.62. The van der Waals surface area contributed by atoms with E-state index in [9.17, 15) is 9.59 Å². The summed E-state index contributed by atoms with van der Waals surface area (Å²) in [5.41, 5.74) is 2.47. The minimum Gasteiger partial charge on any atom is -0.310 e. The molecule has 1 amide bonds. The molecule has 7 heteroatoms. The lowest BCUT2D eigenvalue weighted by Gasteiger charge is -2.11. The molecule has 0 radical (unpaired) electrons. The molecule has 4 aromatic rings. The Morgan fingerprint density at radius 2 is 1.79 bits per heavy atom. The van der Waals surface area contributed by atoms with Crippen LogP contribution in [0.3, 0.4) is 0 Å². The molecule has 142 valence electrons. The lowest BCUT2D eigenvalue weighted by atomic mass is 10.2. The molecule has 0 unspecified atom stereocenters. The first-order chi connectivity index (χ1) is 13.7. The van der Waals surface area contributed by atoms with Crippen molar-refractivity contribution >= 4 is 33.8 Å². The van der Waals surface area contributed by atoms with Crippen LogP contribution in [0.5, 0.6) is 0 Å². The van der Waals surface area contributed by atoms with Gasteiger partial charge in [-0.15, -0.1) is 0 Å². The summed E-state index contributed by atoms with van der Waals surface area (Å²) in [5, 5.41) is 7.69. The van der Waals surface area contributed by atoms with Crippen LogP contribution in [0.2, 0.25) is 0 Å². The van der Waals surface area contributed by atoms with Gasteiger partial charge < -0.3 is 4.57 Å². The molecule has 0 aliphatic heterocycles. The Morgan fingerprint density at radius 1 is 1.04 bits per heavy atom. The second-order valence-electron chi connectivity index (χ2n) is 6.62. The smallest absolute Gasteiger partial charge is 0.228 e. The number of para-hydroxylation sites is 3. The van der Waals surface area contributed by atoms with Crippen LogP contribution in [0.1, 0.15) is 19.8 Å². The maximum atomic E-state index is 12.6. The first kappa shape index (κ1) is 17.9. The first-order valence-corrected chi connectivity index (χ1v) is 9.37. The van der Waals surface area contributed by atoms with Gasteiger partial charge in [-0.2, -0.15) is 5.10 Å². The zero-order valence-corrected chi connectivity index (χ0v) is 15.6. The van der Waals surface area contributed by atoms with E-state index >= 15 is 0 Å². The number of aromatic nitrogens is 4. The number of fused-ring (bicyclic) bond motifs is 2. The fourth-order valence-electron chi connectivity index (χ4n) is 3.35. The predicted molar refractivity (Wildman–Crippen MR) is 109 cm³/mol. The summed E-state index contributed by atoms with van der Waals surface area (Å²) in [6.07, 6.45) is 2.46. The van der Waals surface area contributed by atoms with Crippen LogP contribution in [-0.2, 0) is 17.9 Å². The molecule has 0 spiro atoms. The predicted octanol–water partition coefficient (Wildman–Crippen LogP) is 3.19. The fourth-order valence-corrected chi connectivity index (χ4v) is 3.35. The zero-order valence-electron chi connectivity index (χ0n) is 15.6. The van der Waals surface area contributed by atoms with E-state index in [4.69, 9.17) is 0 Å². The summed E-state index contributed by atoms with van der Waals surface area (Å²) in [5.74, 6) is 0.419. The van der Waals surface area contributed by atoms with Gasteiger partial charge in [-0.3, -0.25) is 19.6 Å². The molecule has 1 N–H and O–H groups in total. The molecule has 4 rings (SSSR count). The molecule has 28 heavy (non-hydrogen) atoms. The molecule has 0 fully saturated rings. The van der Waals surface area contributed by atoms with Crippen LogP contribution in [0.4, 0.5) is 5.95 Å². The number of imidazole rings is 1. The van der Waals surface area contributed by atoms with Gasteiger partial charge in [0, 0.05) is 18.4 Å². The molecule has 0 aliphatic carbocycles. The normalized spacial score (nSPS) is 11.2. The highest BCUT2D eigenvalue weighted by atomic mass is 16.1. The highest BCUT2D eigenvalue weighted by molar-refractivity contribution is 5.91. The zero-order chi connectivity index (χ0) is 19.5. The molecular formula is C21H21N5O2. The quantitative estimate of drug-likeness (QED) is 0.561. The summed E-state index contributed by atoms with van der Waals surface area (Å²) in [7, 11) is 0. The fraction of sp³-hybridized carbons (Fsp3) is 0.238. The summed E-state index contributed by atoms with van der Waals surface area (Å²) >= 11 is 0. The molecule has 2 aromatic heterocycles. The summed E-state index contributed by atoms with van der Waals surface area (Å²) in [6, 6.07) is 15.1. The Morgan fingerprint density at radius 3 is 2.61 bits per heavy atom. The van der Waals surface area contributed by atoms with Gasteiger partial charge in [0.1, 0.15) is 0 Å². The molecular weight excluding hydrogens is 354 g/mol.